The SMILES string of the molecule is CCC[C@@H](C)COc1ccc2nc(-c3ccc(NC)nc3)ccc2c1. The maximum Gasteiger partial charge on any atom is 0.125 e. The van der Waals surface area contributed by atoms with Crippen molar-refractivity contribution >= 4 is 16.7 Å². The Morgan fingerprint density at radius 1 is 1.12 bits per heavy atom. The van der Waals surface area contributed by atoms with Crippen LogP contribution in [0.3, 0.4) is 0 Å². The number of nitrogens with zero attached hydrogens (tertiary/aromatic N) is 2. The van der Waals surface area contributed by atoms with Gasteiger partial charge in [-0.3, -0.25) is 0 Å². The zero-order valence-electron chi connectivity index (χ0n) is 15.1. The predicted molar refractivity (Wildman–Crippen MR) is 104 cm³/mol. The van der Waals surface area contributed by atoms with Crippen LogP contribution in [0.4, 0.5) is 5.82 Å². The first-order chi connectivity index (χ1) is 12.2. The fourth-order valence-corrected chi connectivity index (χ4v) is 2.86. The van der Waals surface area contributed by atoms with Crippen LogP contribution in [-0.4, -0.2) is 23.6 Å². The first-order valence-corrected chi connectivity index (χ1v) is 8.87. The van der Waals surface area contributed by atoms with Crippen LogP contribution in [0.2, 0.25) is 0 Å². The number of ether oxygens (including phenoxy) is 1. The fourth-order valence-electron chi connectivity index (χ4n) is 2.86. The third-order valence-corrected chi connectivity index (χ3v) is 4.29. The Labute approximate surface area is 149 Å². The Bertz CT molecular complexity index is 830. The van der Waals surface area contributed by atoms with Crippen LogP contribution in [-0.2, 0) is 0 Å². The second-order valence-electron chi connectivity index (χ2n) is 6.44. The average molecular weight is 335 g/mol. The zero-order chi connectivity index (χ0) is 17.6. The molecule has 0 fully saturated rings. The van der Waals surface area contributed by atoms with E-state index in [0.29, 0.717) is 5.92 Å². The third-order valence-electron chi connectivity index (χ3n) is 4.29. The van der Waals surface area contributed by atoms with Gasteiger partial charge in [0.1, 0.15) is 11.6 Å². The van der Waals surface area contributed by atoms with Gasteiger partial charge < -0.3 is 10.1 Å². The molecule has 1 atom stereocenters. The summed E-state index contributed by atoms with van der Waals surface area (Å²) in [7, 11) is 1.86. The number of aromatic nitrogens is 2. The molecular formula is C21H25N3O. The molecular weight excluding hydrogens is 310 g/mol. The number of benzene rings is 1. The summed E-state index contributed by atoms with van der Waals surface area (Å²) in [6.45, 7) is 5.19. The summed E-state index contributed by atoms with van der Waals surface area (Å²) in [4.78, 5) is 9.10. The molecule has 2 heterocycles. The van der Waals surface area contributed by atoms with E-state index >= 15 is 0 Å². The molecule has 0 aliphatic heterocycles. The molecule has 0 spiro atoms. The Hall–Kier alpha value is -2.62. The summed E-state index contributed by atoms with van der Waals surface area (Å²) < 4.78 is 5.92. The van der Waals surface area contributed by atoms with E-state index in [1.807, 2.05) is 43.6 Å². The van der Waals surface area contributed by atoms with Gasteiger partial charge in [-0.05, 0) is 48.7 Å². The average Bonchev–Trinajstić information content (AvgIpc) is 2.66. The fraction of sp³-hybridized carbons (Fsp3) is 0.333. The Balaban J connectivity index is 1.78. The van der Waals surface area contributed by atoms with Crippen LogP contribution < -0.4 is 10.1 Å². The third kappa shape index (κ3) is 4.27. The molecule has 1 N–H and O–H groups in total. The maximum absolute atomic E-state index is 5.92. The monoisotopic (exact) mass is 335 g/mol. The lowest BCUT2D eigenvalue weighted by molar-refractivity contribution is 0.252. The summed E-state index contributed by atoms with van der Waals surface area (Å²) in [6.07, 6.45) is 4.23. The van der Waals surface area contributed by atoms with Gasteiger partial charge in [-0.15, -0.1) is 0 Å². The normalized spacial score (nSPS) is 12.1. The number of fused-ring (bicyclic) bond motifs is 1. The molecule has 0 radical (unpaired) electrons. The summed E-state index contributed by atoms with van der Waals surface area (Å²) in [6, 6.07) is 14.2. The lowest BCUT2D eigenvalue weighted by Crippen LogP contribution is -2.08. The van der Waals surface area contributed by atoms with E-state index in [0.717, 1.165) is 40.3 Å². The van der Waals surface area contributed by atoms with Gasteiger partial charge in [0.2, 0.25) is 0 Å². The van der Waals surface area contributed by atoms with E-state index in [1.165, 1.54) is 12.8 Å². The molecule has 4 heteroatoms. The van der Waals surface area contributed by atoms with Crippen LogP contribution in [0.1, 0.15) is 26.7 Å². The molecule has 0 amide bonds. The van der Waals surface area contributed by atoms with Crippen LogP contribution >= 0.6 is 0 Å². The van der Waals surface area contributed by atoms with Gasteiger partial charge in [-0.2, -0.15) is 0 Å². The highest BCUT2D eigenvalue weighted by atomic mass is 16.5. The number of hydrogen-bond acceptors (Lipinski definition) is 4. The van der Waals surface area contributed by atoms with Crippen molar-refractivity contribution in [2.24, 2.45) is 5.92 Å². The van der Waals surface area contributed by atoms with Crippen LogP contribution in [0.5, 0.6) is 5.75 Å². The predicted octanol–water partition coefficient (Wildman–Crippen LogP) is 5.15. The van der Waals surface area contributed by atoms with Crippen LogP contribution in [0.25, 0.3) is 22.2 Å². The first kappa shape index (κ1) is 17.2. The van der Waals surface area contributed by atoms with E-state index in [1.54, 1.807) is 0 Å². The molecule has 130 valence electrons. The topological polar surface area (TPSA) is 47.0 Å². The summed E-state index contributed by atoms with van der Waals surface area (Å²) in [5, 5.41) is 4.11. The lowest BCUT2D eigenvalue weighted by Gasteiger charge is -2.12. The number of rotatable bonds is 7. The Kier molecular flexibility index (Phi) is 5.49. The highest BCUT2D eigenvalue weighted by Crippen LogP contribution is 2.24. The van der Waals surface area contributed by atoms with Crippen LogP contribution in [0.15, 0.2) is 48.7 Å². The van der Waals surface area contributed by atoms with E-state index in [9.17, 15) is 0 Å². The summed E-state index contributed by atoms with van der Waals surface area (Å²) >= 11 is 0. The van der Waals surface area contributed by atoms with Gasteiger partial charge in [0.05, 0.1) is 17.8 Å². The molecule has 0 saturated carbocycles. The van der Waals surface area contributed by atoms with Crippen molar-refractivity contribution in [1.82, 2.24) is 9.97 Å². The van der Waals surface area contributed by atoms with E-state index in [-0.39, 0.29) is 0 Å². The highest BCUT2D eigenvalue weighted by molar-refractivity contribution is 5.82. The van der Waals surface area contributed by atoms with Gasteiger partial charge in [-0.25, -0.2) is 9.97 Å². The molecule has 0 aliphatic rings. The van der Waals surface area contributed by atoms with Crippen LogP contribution in [0, 0.1) is 5.92 Å². The zero-order valence-corrected chi connectivity index (χ0v) is 15.1. The quantitative estimate of drug-likeness (QED) is 0.648. The van der Waals surface area contributed by atoms with Crippen molar-refractivity contribution in [3.8, 4) is 17.0 Å². The standard InChI is InChI=1S/C21H25N3O/c1-4-5-15(2)14-25-18-8-10-19-16(12-18)6-9-20(24-19)17-7-11-21(22-3)23-13-17/h6-13,15H,4-5,14H2,1-3H3,(H,22,23)/t15-/m1/s1. The van der Waals surface area contributed by atoms with Gasteiger partial charge in [0, 0.05) is 24.2 Å². The van der Waals surface area contributed by atoms with Gasteiger partial charge in [0.25, 0.3) is 0 Å². The minimum atomic E-state index is 0.578. The number of hydrogen-bond donors (Lipinski definition) is 1. The van der Waals surface area contributed by atoms with Crippen molar-refractivity contribution in [1.29, 1.82) is 0 Å². The van der Waals surface area contributed by atoms with Crippen molar-refractivity contribution in [3.05, 3.63) is 48.7 Å². The van der Waals surface area contributed by atoms with E-state index < -0.39 is 0 Å². The molecule has 0 saturated heterocycles. The molecule has 25 heavy (non-hydrogen) atoms. The van der Waals surface area contributed by atoms with E-state index in [2.05, 4.69) is 36.3 Å². The largest absolute Gasteiger partial charge is 0.493 e. The molecule has 0 unspecified atom stereocenters. The second-order valence-corrected chi connectivity index (χ2v) is 6.44. The summed E-state index contributed by atoms with van der Waals surface area (Å²) in [5.41, 5.74) is 2.90. The van der Waals surface area contributed by atoms with Gasteiger partial charge in [-0.1, -0.05) is 26.3 Å². The minimum Gasteiger partial charge on any atom is -0.493 e. The smallest absolute Gasteiger partial charge is 0.125 e. The number of pyridine rings is 2. The van der Waals surface area contributed by atoms with Crippen molar-refractivity contribution in [2.45, 2.75) is 26.7 Å². The number of anilines is 1. The minimum absolute atomic E-state index is 0.578. The summed E-state index contributed by atoms with van der Waals surface area (Å²) in [5.74, 6) is 2.34. The Morgan fingerprint density at radius 2 is 2.00 bits per heavy atom. The van der Waals surface area contributed by atoms with Crippen molar-refractivity contribution < 1.29 is 4.74 Å². The lowest BCUT2D eigenvalue weighted by atomic mass is 10.1. The van der Waals surface area contributed by atoms with Gasteiger partial charge >= 0.3 is 0 Å². The molecule has 3 aromatic rings. The molecule has 1 aromatic carbocycles. The molecule has 0 aliphatic carbocycles. The van der Waals surface area contributed by atoms with Gasteiger partial charge in [0.15, 0.2) is 0 Å². The first-order valence-electron chi connectivity index (χ1n) is 8.87. The van der Waals surface area contributed by atoms with Crippen molar-refractivity contribution in [2.75, 3.05) is 19.0 Å². The van der Waals surface area contributed by atoms with E-state index in [4.69, 9.17) is 9.72 Å². The molecule has 0 bridgehead atoms. The highest BCUT2D eigenvalue weighted by Gasteiger charge is 2.06. The molecule has 2 aromatic heterocycles. The maximum atomic E-state index is 5.92. The Morgan fingerprint density at radius 3 is 2.72 bits per heavy atom. The molecule has 3 rings (SSSR count). The molecule has 4 nitrogen and oxygen atoms in total. The van der Waals surface area contributed by atoms with Crippen molar-refractivity contribution in [3.63, 3.8) is 0 Å². The number of nitrogens with one attached hydrogen (secondary N) is 1. The second kappa shape index (κ2) is 7.97.